The second-order valence-electron chi connectivity index (χ2n) is 6.23. The van der Waals surface area contributed by atoms with Gasteiger partial charge in [-0.3, -0.25) is 0 Å². The van der Waals surface area contributed by atoms with Gasteiger partial charge in [0.05, 0.1) is 13.2 Å². The van der Waals surface area contributed by atoms with E-state index < -0.39 is 0 Å². The molecule has 1 aromatic heterocycles. The molecular formula is C18H22O3. The summed E-state index contributed by atoms with van der Waals surface area (Å²) in [5.74, 6) is 1.20. The molecule has 0 bridgehead atoms. The van der Waals surface area contributed by atoms with E-state index in [0.29, 0.717) is 17.9 Å². The number of hydrogen-bond donors (Lipinski definition) is 0. The van der Waals surface area contributed by atoms with Crippen LogP contribution in [0.15, 0.2) is 45.6 Å². The Morgan fingerprint density at radius 1 is 1.05 bits per heavy atom. The van der Waals surface area contributed by atoms with Crippen LogP contribution in [0, 0.1) is 0 Å². The lowest BCUT2D eigenvalue weighted by molar-refractivity contribution is 0.392. The second-order valence-corrected chi connectivity index (χ2v) is 6.23. The summed E-state index contributed by atoms with van der Waals surface area (Å²) in [6, 6.07) is 11.7. The third-order valence-electron chi connectivity index (χ3n) is 3.51. The molecule has 0 radical (unpaired) electrons. The highest BCUT2D eigenvalue weighted by Gasteiger charge is 2.12. The first-order chi connectivity index (χ1) is 9.88. The fourth-order valence-corrected chi connectivity index (χ4v) is 2.18. The van der Waals surface area contributed by atoms with Crippen molar-refractivity contribution in [2.45, 2.75) is 39.0 Å². The van der Waals surface area contributed by atoms with Crippen LogP contribution in [-0.4, -0.2) is 7.11 Å². The van der Waals surface area contributed by atoms with Crippen LogP contribution in [0.1, 0.15) is 37.7 Å². The predicted molar refractivity (Wildman–Crippen MR) is 84.1 cm³/mol. The minimum absolute atomic E-state index is 0.165. The third kappa shape index (κ3) is 4.22. The van der Waals surface area contributed by atoms with Crippen molar-refractivity contribution in [3.63, 3.8) is 0 Å². The predicted octanol–water partition coefficient (Wildman–Crippen LogP) is 3.73. The molecule has 0 fully saturated rings. The Bertz CT molecular complexity index is 645. The second kappa shape index (κ2) is 6.17. The standard InChI is InChI=1S/C18H22O3/c1-18(2,3)14-8-5-13(6-9-14)7-10-15-11-16(20-4)12-17(19)21-15/h5-6,8-9,11-12H,7,10H2,1-4H3. The molecule has 0 spiro atoms. The Morgan fingerprint density at radius 3 is 2.29 bits per heavy atom. The Kier molecular flexibility index (Phi) is 4.51. The summed E-state index contributed by atoms with van der Waals surface area (Å²) >= 11 is 0. The van der Waals surface area contributed by atoms with Gasteiger partial charge in [0, 0.05) is 12.5 Å². The molecule has 0 aliphatic carbocycles. The lowest BCUT2D eigenvalue weighted by Gasteiger charge is -2.19. The highest BCUT2D eigenvalue weighted by molar-refractivity contribution is 5.28. The Morgan fingerprint density at radius 2 is 1.71 bits per heavy atom. The molecule has 0 saturated carbocycles. The van der Waals surface area contributed by atoms with E-state index in [1.807, 2.05) is 0 Å². The molecule has 21 heavy (non-hydrogen) atoms. The number of hydrogen-bond acceptors (Lipinski definition) is 3. The molecule has 1 heterocycles. The molecule has 0 unspecified atom stereocenters. The summed E-state index contributed by atoms with van der Waals surface area (Å²) in [6.45, 7) is 6.60. The molecule has 3 nitrogen and oxygen atoms in total. The lowest BCUT2D eigenvalue weighted by atomic mass is 9.86. The minimum atomic E-state index is -0.368. The van der Waals surface area contributed by atoms with Crippen molar-refractivity contribution in [2.24, 2.45) is 0 Å². The van der Waals surface area contributed by atoms with Crippen molar-refractivity contribution in [1.82, 2.24) is 0 Å². The zero-order valence-corrected chi connectivity index (χ0v) is 13.1. The molecular weight excluding hydrogens is 264 g/mol. The van der Waals surface area contributed by atoms with Gasteiger partial charge in [-0.05, 0) is 23.0 Å². The smallest absolute Gasteiger partial charge is 0.339 e. The first-order valence-corrected chi connectivity index (χ1v) is 7.16. The van der Waals surface area contributed by atoms with Gasteiger partial charge in [0.15, 0.2) is 0 Å². The number of ether oxygens (including phenoxy) is 1. The molecule has 0 aliphatic rings. The van der Waals surface area contributed by atoms with Gasteiger partial charge in [-0.25, -0.2) is 4.79 Å². The van der Waals surface area contributed by atoms with Crippen molar-refractivity contribution in [3.8, 4) is 5.75 Å². The lowest BCUT2D eigenvalue weighted by Crippen LogP contribution is -2.10. The molecule has 1 aromatic carbocycles. The molecule has 0 N–H and O–H groups in total. The molecule has 2 rings (SSSR count). The highest BCUT2D eigenvalue weighted by atomic mass is 16.5. The van der Waals surface area contributed by atoms with Crippen LogP contribution in [0.5, 0.6) is 5.75 Å². The average molecular weight is 286 g/mol. The zero-order valence-electron chi connectivity index (χ0n) is 13.1. The number of methoxy groups -OCH3 is 1. The first-order valence-electron chi connectivity index (χ1n) is 7.16. The summed E-state index contributed by atoms with van der Waals surface area (Å²) in [4.78, 5) is 11.4. The summed E-state index contributed by atoms with van der Waals surface area (Å²) in [6.07, 6.45) is 1.52. The fraction of sp³-hybridized carbons (Fsp3) is 0.389. The maximum atomic E-state index is 11.4. The summed E-state index contributed by atoms with van der Waals surface area (Å²) in [7, 11) is 1.55. The Labute approximate surface area is 125 Å². The van der Waals surface area contributed by atoms with Gasteiger partial charge in [0.25, 0.3) is 0 Å². The SMILES string of the molecule is COc1cc(CCc2ccc(C(C)(C)C)cc2)oc(=O)c1. The molecule has 0 saturated heterocycles. The highest BCUT2D eigenvalue weighted by Crippen LogP contribution is 2.22. The van der Waals surface area contributed by atoms with Gasteiger partial charge in [-0.2, -0.15) is 0 Å². The van der Waals surface area contributed by atoms with Crippen LogP contribution >= 0.6 is 0 Å². The maximum absolute atomic E-state index is 11.4. The quantitative estimate of drug-likeness (QED) is 0.859. The van der Waals surface area contributed by atoms with Crippen LogP contribution < -0.4 is 10.4 Å². The van der Waals surface area contributed by atoms with Crippen LogP contribution in [0.25, 0.3) is 0 Å². The van der Waals surface area contributed by atoms with Gasteiger partial charge in [0.1, 0.15) is 11.5 Å². The van der Waals surface area contributed by atoms with E-state index in [-0.39, 0.29) is 11.0 Å². The van der Waals surface area contributed by atoms with E-state index in [0.717, 1.165) is 6.42 Å². The van der Waals surface area contributed by atoms with E-state index in [4.69, 9.17) is 9.15 Å². The van der Waals surface area contributed by atoms with Crippen LogP contribution in [0.3, 0.4) is 0 Å². The van der Waals surface area contributed by atoms with Gasteiger partial charge in [-0.15, -0.1) is 0 Å². The molecule has 0 amide bonds. The van der Waals surface area contributed by atoms with Crippen LogP contribution in [0.2, 0.25) is 0 Å². The zero-order chi connectivity index (χ0) is 15.5. The summed E-state index contributed by atoms with van der Waals surface area (Å²) < 4.78 is 10.3. The number of aryl methyl sites for hydroxylation is 2. The fourth-order valence-electron chi connectivity index (χ4n) is 2.18. The molecule has 2 aromatic rings. The van der Waals surface area contributed by atoms with Crippen LogP contribution in [-0.2, 0) is 18.3 Å². The topological polar surface area (TPSA) is 39.4 Å². The van der Waals surface area contributed by atoms with E-state index in [1.165, 1.54) is 17.2 Å². The number of benzene rings is 1. The van der Waals surface area contributed by atoms with E-state index in [2.05, 4.69) is 45.0 Å². The van der Waals surface area contributed by atoms with Gasteiger partial charge >= 0.3 is 5.63 Å². The van der Waals surface area contributed by atoms with Crippen molar-refractivity contribution < 1.29 is 9.15 Å². The molecule has 3 heteroatoms. The average Bonchev–Trinajstić information content (AvgIpc) is 2.44. The maximum Gasteiger partial charge on any atom is 0.339 e. The van der Waals surface area contributed by atoms with Gasteiger partial charge in [0.2, 0.25) is 0 Å². The normalized spacial score (nSPS) is 11.4. The molecule has 0 atom stereocenters. The van der Waals surface area contributed by atoms with Crippen LogP contribution in [0.4, 0.5) is 0 Å². The number of rotatable bonds is 4. The van der Waals surface area contributed by atoms with Crippen molar-refractivity contribution >= 4 is 0 Å². The largest absolute Gasteiger partial charge is 0.496 e. The van der Waals surface area contributed by atoms with Crippen molar-refractivity contribution in [3.05, 3.63) is 63.7 Å². The van der Waals surface area contributed by atoms with Crippen molar-refractivity contribution in [2.75, 3.05) is 7.11 Å². The third-order valence-corrected chi connectivity index (χ3v) is 3.51. The minimum Gasteiger partial charge on any atom is -0.496 e. The van der Waals surface area contributed by atoms with E-state index in [9.17, 15) is 4.79 Å². The Hall–Kier alpha value is -2.03. The van der Waals surface area contributed by atoms with Gasteiger partial charge < -0.3 is 9.15 Å². The molecule has 0 aliphatic heterocycles. The first kappa shape index (κ1) is 15.4. The van der Waals surface area contributed by atoms with E-state index in [1.54, 1.807) is 13.2 Å². The monoisotopic (exact) mass is 286 g/mol. The van der Waals surface area contributed by atoms with E-state index >= 15 is 0 Å². The van der Waals surface area contributed by atoms with Gasteiger partial charge in [-0.1, -0.05) is 45.0 Å². The summed E-state index contributed by atoms with van der Waals surface area (Å²) in [5.41, 5.74) is 2.35. The molecule has 112 valence electrons. The Balaban J connectivity index is 2.06. The summed E-state index contributed by atoms with van der Waals surface area (Å²) in [5, 5.41) is 0. The van der Waals surface area contributed by atoms with Crippen molar-refractivity contribution in [1.29, 1.82) is 0 Å².